The second kappa shape index (κ2) is 6.35. The average molecular weight is 287 g/mol. The van der Waals surface area contributed by atoms with Gasteiger partial charge in [-0.2, -0.15) is 0 Å². The molecular weight excluding hydrogens is 267 g/mol. The van der Waals surface area contributed by atoms with Crippen LogP contribution in [0.2, 0.25) is 0 Å². The van der Waals surface area contributed by atoms with Gasteiger partial charge in [-0.25, -0.2) is 4.39 Å². The zero-order chi connectivity index (χ0) is 13.3. The second-order valence-electron chi connectivity index (χ2n) is 5.13. The van der Waals surface area contributed by atoms with Crippen molar-refractivity contribution in [2.24, 2.45) is 11.7 Å². The quantitative estimate of drug-likeness (QED) is 0.907. The highest BCUT2D eigenvalue weighted by atomic mass is 35.5. The molecule has 1 amide bonds. The van der Waals surface area contributed by atoms with Crippen molar-refractivity contribution in [1.29, 1.82) is 0 Å². The number of hydrogen-bond donors (Lipinski definition) is 1. The number of halogens is 2. The van der Waals surface area contributed by atoms with Gasteiger partial charge in [0.15, 0.2) is 0 Å². The molecule has 2 N–H and O–H groups in total. The van der Waals surface area contributed by atoms with Gasteiger partial charge in [0.1, 0.15) is 5.82 Å². The maximum atomic E-state index is 13.8. The predicted molar refractivity (Wildman–Crippen MR) is 76.0 cm³/mol. The molecule has 106 valence electrons. The van der Waals surface area contributed by atoms with E-state index in [1.54, 1.807) is 24.0 Å². The molecule has 1 aromatic rings. The van der Waals surface area contributed by atoms with Crippen LogP contribution in [-0.4, -0.2) is 29.9 Å². The lowest BCUT2D eigenvalue weighted by Gasteiger charge is -2.21. The van der Waals surface area contributed by atoms with E-state index in [0.717, 1.165) is 12.0 Å². The molecule has 0 spiro atoms. The summed E-state index contributed by atoms with van der Waals surface area (Å²) in [7, 11) is 0. The minimum atomic E-state index is -0.441. The lowest BCUT2D eigenvalue weighted by atomic mass is 10.1. The molecule has 0 radical (unpaired) electrons. The number of hydrogen-bond acceptors (Lipinski definition) is 2. The second-order valence-corrected chi connectivity index (χ2v) is 5.13. The molecule has 1 aliphatic rings. The summed E-state index contributed by atoms with van der Waals surface area (Å²) >= 11 is 0. The van der Waals surface area contributed by atoms with Crippen LogP contribution in [0, 0.1) is 18.7 Å². The van der Waals surface area contributed by atoms with Crippen molar-refractivity contribution in [2.45, 2.75) is 26.3 Å². The number of nitrogens with zero attached hydrogens (tertiary/aromatic N) is 1. The van der Waals surface area contributed by atoms with Gasteiger partial charge >= 0.3 is 0 Å². The van der Waals surface area contributed by atoms with Crippen LogP contribution < -0.4 is 5.73 Å². The summed E-state index contributed by atoms with van der Waals surface area (Å²) in [6.45, 7) is 4.99. The number of rotatable bonds is 2. The first-order chi connectivity index (χ1) is 8.52. The van der Waals surface area contributed by atoms with Crippen molar-refractivity contribution >= 4 is 18.3 Å². The Hall–Kier alpha value is -1.13. The third-order valence-electron chi connectivity index (χ3n) is 3.61. The summed E-state index contributed by atoms with van der Waals surface area (Å²) in [5.74, 6) is -0.336. The molecule has 0 aromatic heterocycles. The van der Waals surface area contributed by atoms with Crippen molar-refractivity contribution in [2.75, 3.05) is 13.1 Å². The Labute approximate surface area is 119 Å². The summed E-state index contributed by atoms with van der Waals surface area (Å²) in [5, 5.41) is 0. The average Bonchev–Trinajstić information content (AvgIpc) is 2.70. The fourth-order valence-electron chi connectivity index (χ4n) is 2.54. The Bertz CT molecular complexity index is 467. The van der Waals surface area contributed by atoms with E-state index in [1.807, 2.05) is 6.92 Å². The maximum absolute atomic E-state index is 13.8. The molecule has 1 heterocycles. The van der Waals surface area contributed by atoms with Gasteiger partial charge in [0.2, 0.25) is 0 Å². The van der Waals surface area contributed by atoms with E-state index in [0.29, 0.717) is 19.0 Å². The summed E-state index contributed by atoms with van der Waals surface area (Å²) < 4.78 is 13.8. The van der Waals surface area contributed by atoms with E-state index in [-0.39, 0.29) is 29.9 Å². The highest BCUT2D eigenvalue weighted by molar-refractivity contribution is 5.95. The molecule has 0 saturated carbocycles. The van der Waals surface area contributed by atoms with E-state index in [9.17, 15) is 9.18 Å². The Morgan fingerprint density at radius 2 is 2.21 bits per heavy atom. The summed E-state index contributed by atoms with van der Waals surface area (Å²) in [6.07, 6.45) is 0.899. The minimum absolute atomic E-state index is 0. The molecule has 1 saturated heterocycles. The smallest absolute Gasteiger partial charge is 0.257 e. The molecule has 5 heteroatoms. The monoisotopic (exact) mass is 286 g/mol. The molecule has 2 unspecified atom stereocenters. The van der Waals surface area contributed by atoms with Crippen molar-refractivity contribution in [3.63, 3.8) is 0 Å². The molecule has 19 heavy (non-hydrogen) atoms. The Balaban J connectivity index is 0.00000180. The highest BCUT2D eigenvalue weighted by Gasteiger charge is 2.32. The van der Waals surface area contributed by atoms with Gasteiger partial charge in [-0.3, -0.25) is 4.79 Å². The Morgan fingerprint density at radius 1 is 1.53 bits per heavy atom. The van der Waals surface area contributed by atoms with Crippen LogP contribution in [-0.2, 0) is 0 Å². The SMILES string of the molecule is Cc1ccc(C(=O)N2CC(CN)CC2C)c(F)c1.Cl. The van der Waals surface area contributed by atoms with Crippen LogP contribution in [0.5, 0.6) is 0 Å². The third kappa shape index (κ3) is 3.25. The molecule has 2 atom stereocenters. The fourth-order valence-corrected chi connectivity index (χ4v) is 2.54. The summed E-state index contributed by atoms with van der Waals surface area (Å²) in [5.41, 5.74) is 6.61. The first-order valence-electron chi connectivity index (χ1n) is 6.30. The van der Waals surface area contributed by atoms with Gasteiger partial charge in [-0.05, 0) is 50.4 Å². The van der Waals surface area contributed by atoms with E-state index in [1.165, 1.54) is 6.07 Å². The summed E-state index contributed by atoms with van der Waals surface area (Å²) in [4.78, 5) is 14.0. The Kier molecular flexibility index (Phi) is 5.32. The molecule has 1 fully saturated rings. The molecule has 1 aliphatic heterocycles. The zero-order valence-corrected chi connectivity index (χ0v) is 12.0. The van der Waals surface area contributed by atoms with Crippen molar-refractivity contribution in [3.05, 3.63) is 35.1 Å². The van der Waals surface area contributed by atoms with Gasteiger partial charge in [0.25, 0.3) is 5.91 Å². The third-order valence-corrected chi connectivity index (χ3v) is 3.61. The Morgan fingerprint density at radius 3 is 2.74 bits per heavy atom. The van der Waals surface area contributed by atoms with Crippen LogP contribution in [0.4, 0.5) is 4.39 Å². The van der Waals surface area contributed by atoms with Crippen LogP contribution in [0.25, 0.3) is 0 Å². The van der Waals surface area contributed by atoms with Crippen LogP contribution in [0.15, 0.2) is 18.2 Å². The first-order valence-corrected chi connectivity index (χ1v) is 6.30. The normalized spacial score (nSPS) is 22.2. The van der Waals surface area contributed by atoms with E-state index in [2.05, 4.69) is 0 Å². The highest BCUT2D eigenvalue weighted by Crippen LogP contribution is 2.25. The van der Waals surface area contributed by atoms with Gasteiger partial charge in [-0.15, -0.1) is 12.4 Å². The standard InChI is InChI=1S/C14H19FN2O.ClH/c1-9-3-4-12(13(15)5-9)14(18)17-8-11(7-16)6-10(17)2;/h3-5,10-11H,6-8,16H2,1-2H3;1H. The number of benzene rings is 1. The molecule has 0 aliphatic carbocycles. The molecule has 2 rings (SSSR count). The number of likely N-dealkylation sites (tertiary alicyclic amines) is 1. The fraction of sp³-hybridized carbons (Fsp3) is 0.500. The van der Waals surface area contributed by atoms with Crippen molar-refractivity contribution < 1.29 is 9.18 Å². The lowest BCUT2D eigenvalue weighted by molar-refractivity contribution is 0.0738. The summed E-state index contributed by atoms with van der Waals surface area (Å²) in [6, 6.07) is 4.85. The predicted octanol–water partition coefficient (Wildman–Crippen LogP) is 2.37. The van der Waals surface area contributed by atoms with Crippen molar-refractivity contribution in [3.8, 4) is 0 Å². The molecule has 1 aromatic carbocycles. The van der Waals surface area contributed by atoms with Gasteiger partial charge in [-0.1, -0.05) is 6.07 Å². The maximum Gasteiger partial charge on any atom is 0.257 e. The van der Waals surface area contributed by atoms with E-state index in [4.69, 9.17) is 5.73 Å². The minimum Gasteiger partial charge on any atom is -0.336 e. The lowest BCUT2D eigenvalue weighted by Crippen LogP contribution is -2.35. The van der Waals surface area contributed by atoms with Crippen LogP contribution in [0.1, 0.15) is 29.3 Å². The number of amides is 1. The van der Waals surface area contributed by atoms with Gasteiger partial charge in [0.05, 0.1) is 5.56 Å². The zero-order valence-electron chi connectivity index (χ0n) is 11.2. The van der Waals surface area contributed by atoms with Crippen LogP contribution in [0.3, 0.4) is 0 Å². The number of nitrogens with two attached hydrogens (primary N) is 1. The van der Waals surface area contributed by atoms with Crippen molar-refractivity contribution in [1.82, 2.24) is 4.90 Å². The molecule has 0 bridgehead atoms. The van der Waals surface area contributed by atoms with Crippen LogP contribution >= 0.6 is 12.4 Å². The van der Waals surface area contributed by atoms with Gasteiger partial charge in [0, 0.05) is 12.6 Å². The number of carbonyl (C=O) groups excluding carboxylic acids is 1. The molecular formula is C14H20ClFN2O. The largest absolute Gasteiger partial charge is 0.336 e. The number of carbonyl (C=O) groups is 1. The van der Waals surface area contributed by atoms with E-state index >= 15 is 0 Å². The first kappa shape index (κ1) is 15.9. The number of aryl methyl sites for hydroxylation is 1. The van der Waals surface area contributed by atoms with Gasteiger partial charge < -0.3 is 10.6 Å². The topological polar surface area (TPSA) is 46.3 Å². The molecule has 3 nitrogen and oxygen atoms in total. The van der Waals surface area contributed by atoms with E-state index < -0.39 is 5.82 Å².